The Morgan fingerprint density at radius 2 is 1.95 bits per heavy atom. The second-order valence-electron chi connectivity index (χ2n) is 6.46. The van der Waals surface area contributed by atoms with Crippen LogP contribution in [0.4, 0.5) is 0 Å². The third kappa shape index (κ3) is 3.39. The molecule has 0 aromatic carbocycles. The number of hydrogen-bond donors (Lipinski definition) is 1. The van der Waals surface area contributed by atoms with E-state index in [1.165, 1.54) is 11.4 Å². The Hall–Kier alpha value is -0.380. The molecule has 1 aliphatic rings. The Kier molecular flexibility index (Phi) is 5.04. The zero-order valence-electron chi connectivity index (χ0n) is 12.9. The molecule has 3 atom stereocenters. The first-order valence-electron chi connectivity index (χ1n) is 7.53. The molecule has 19 heavy (non-hydrogen) atoms. The van der Waals surface area contributed by atoms with Crippen LogP contribution in [-0.4, -0.2) is 30.1 Å². The quantitative estimate of drug-likeness (QED) is 0.903. The van der Waals surface area contributed by atoms with Gasteiger partial charge in [0.1, 0.15) is 0 Å². The molecule has 1 aromatic rings. The predicted octanol–water partition coefficient (Wildman–Crippen LogP) is 3.76. The average molecular weight is 280 g/mol. The summed E-state index contributed by atoms with van der Waals surface area (Å²) in [5, 5.41) is 5.93. The van der Waals surface area contributed by atoms with Crippen molar-refractivity contribution >= 4 is 11.3 Å². The van der Waals surface area contributed by atoms with E-state index >= 15 is 0 Å². The van der Waals surface area contributed by atoms with Crippen LogP contribution in [0, 0.1) is 11.8 Å². The first-order chi connectivity index (χ1) is 9.00. The molecule has 1 aliphatic heterocycles. The highest BCUT2D eigenvalue weighted by Gasteiger charge is 2.34. The van der Waals surface area contributed by atoms with Gasteiger partial charge in [0.2, 0.25) is 0 Å². The van der Waals surface area contributed by atoms with Crippen molar-refractivity contribution in [2.75, 3.05) is 13.1 Å². The van der Waals surface area contributed by atoms with Crippen molar-refractivity contribution in [2.24, 2.45) is 11.8 Å². The molecule has 1 saturated heterocycles. The van der Waals surface area contributed by atoms with Gasteiger partial charge >= 0.3 is 0 Å². The molecule has 1 N–H and O–H groups in total. The van der Waals surface area contributed by atoms with E-state index in [0.717, 1.165) is 6.54 Å². The van der Waals surface area contributed by atoms with Gasteiger partial charge < -0.3 is 5.32 Å². The molecule has 108 valence electrons. The molecule has 1 fully saturated rings. The number of nitrogens with zero attached hydrogens (tertiary/aromatic N) is 1. The smallest absolute Gasteiger partial charge is 0.0417 e. The van der Waals surface area contributed by atoms with E-state index in [9.17, 15) is 0 Å². The van der Waals surface area contributed by atoms with E-state index in [1.807, 2.05) is 11.3 Å². The summed E-state index contributed by atoms with van der Waals surface area (Å²) >= 11 is 1.89. The van der Waals surface area contributed by atoms with Gasteiger partial charge in [-0.15, -0.1) is 11.3 Å². The molecule has 0 radical (unpaired) electrons. The Labute approximate surface area is 122 Å². The number of hydrogen-bond acceptors (Lipinski definition) is 3. The van der Waals surface area contributed by atoms with Gasteiger partial charge in [-0.3, -0.25) is 4.90 Å². The molecule has 0 saturated carbocycles. The number of rotatable bonds is 4. The van der Waals surface area contributed by atoms with Gasteiger partial charge in [-0.2, -0.15) is 0 Å². The van der Waals surface area contributed by atoms with Crippen molar-refractivity contribution in [1.82, 2.24) is 10.2 Å². The van der Waals surface area contributed by atoms with Gasteiger partial charge in [0.05, 0.1) is 0 Å². The summed E-state index contributed by atoms with van der Waals surface area (Å²) in [5.41, 5.74) is 0. The first kappa shape index (κ1) is 15.0. The van der Waals surface area contributed by atoms with Gasteiger partial charge in [-0.05, 0) is 30.2 Å². The molecule has 2 nitrogen and oxygen atoms in total. The predicted molar refractivity (Wildman–Crippen MR) is 84.7 cm³/mol. The van der Waals surface area contributed by atoms with Gasteiger partial charge in [-0.1, -0.05) is 33.8 Å². The lowest BCUT2D eigenvalue weighted by atomic mass is 9.92. The monoisotopic (exact) mass is 280 g/mol. The molecular weight excluding hydrogens is 252 g/mol. The zero-order chi connectivity index (χ0) is 14.0. The van der Waals surface area contributed by atoms with E-state index in [1.54, 1.807) is 0 Å². The summed E-state index contributed by atoms with van der Waals surface area (Å²) in [7, 11) is 0. The summed E-state index contributed by atoms with van der Waals surface area (Å²) < 4.78 is 0. The fourth-order valence-electron chi connectivity index (χ4n) is 3.02. The van der Waals surface area contributed by atoms with Crippen molar-refractivity contribution in [3.05, 3.63) is 22.4 Å². The molecule has 2 rings (SSSR count). The van der Waals surface area contributed by atoms with Crippen LogP contribution in [-0.2, 0) is 0 Å². The molecule has 3 unspecified atom stereocenters. The third-order valence-electron chi connectivity index (χ3n) is 4.45. The molecule has 0 spiro atoms. The molecule has 2 heterocycles. The van der Waals surface area contributed by atoms with Crippen LogP contribution in [0.15, 0.2) is 17.5 Å². The average Bonchev–Trinajstić information content (AvgIpc) is 2.90. The number of nitrogens with one attached hydrogen (secondary N) is 1. The largest absolute Gasteiger partial charge is 0.311 e. The lowest BCUT2D eigenvalue weighted by molar-refractivity contribution is 0.0525. The maximum Gasteiger partial charge on any atom is 0.0417 e. The molecule has 0 aliphatic carbocycles. The van der Waals surface area contributed by atoms with Crippen molar-refractivity contribution in [2.45, 2.75) is 52.7 Å². The third-order valence-corrected chi connectivity index (χ3v) is 5.49. The normalized spacial score (nSPS) is 27.1. The number of thiophene rings is 1. The standard InChI is InChI=1S/C16H28N2S/c1-11(2)14-10-18(15(9-17-14)12(3)4)13(5)16-7-6-8-19-16/h6-8,11-15,17H,9-10H2,1-5H3. The first-order valence-corrected chi connectivity index (χ1v) is 8.41. The minimum absolute atomic E-state index is 0.538. The highest BCUT2D eigenvalue weighted by molar-refractivity contribution is 7.10. The highest BCUT2D eigenvalue weighted by Crippen LogP contribution is 2.30. The highest BCUT2D eigenvalue weighted by atomic mass is 32.1. The van der Waals surface area contributed by atoms with Crippen LogP contribution in [0.25, 0.3) is 0 Å². The van der Waals surface area contributed by atoms with Crippen molar-refractivity contribution < 1.29 is 0 Å². The summed E-state index contributed by atoms with van der Waals surface area (Å²) in [6, 6.07) is 6.25. The topological polar surface area (TPSA) is 15.3 Å². The van der Waals surface area contributed by atoms with E-state index in [0.29, 0.717) is 30.0 Å². The number of piperazine rings is 1. The van der Waals surface area contributed by atoms with Crippen LogP contribution >= 0.6 is 11.3 Å². The maximum absolute atomic E-state index is 3.74. The van der Waals surface area contributed by atoms with Crippen molar-refractivity contribution in [1.29, 1.82) is 0 Å². The van der Waals surface area contributed by atoms with E-state index < -0.39 is 0 Å². The van der Waals surface area contributed by atoms with Crippen LogP contribution in [0.1, 0.15) is 45.5 Å². The Morgan fingerprint density at radius 1 is 1.21 bits per heavy atom. The van der Waals surface area contributed by atoms with E-state index in [2.05, 4.69) is 62.3 Å². The van der Waals surface area contributed by atoms with E-state index in [4.69, 9.17) is 0 Å². The van der Waals surface area contributed by atoms with Gasteiger partial charge in [0, 0.05) is 36.1 Å². The Bertz CT molecular complexity index is 372. The summed E-state index contributed by atoms with van der Waals surface area (Å²) in [6.45, 7) is 14.0. The molecular formula is C16H28N2S. The van der Waals surface area contributed by atoms with Crippen LogP contribution in [0.2, 0.25) is 0 Å². The molecule has 0 amide bonds. The zero-order valence-corrected chi connectivity index (χ0v) is 13.7. The van der Waals surface area contributed by atoms with Crippen LogP contribution < -0.4 is 5.32 Å². The molecule has 0 bridgehead atoms. The van der Waals surface area contributed by atoms with E-state index in [-0.39, 0.29) is 0 Å². The minimum atomic E-state index is 0.538. The van der Waals surface area contributed by atoms with Gasteiger partial charge in [0.15, 0.2) is 0 Å². The lowest BCUT2D eigenvalue weighted by Gasteiger charge is -2.46. The Balaban J connectivity index is 2.15. The van der Waals surface area contributed by atoms with Crippen LogP contribution in [0.3, 0.4) is 0 Å². The van der Waals surface area contributed by atoms with Gasteiger partial charge in [0.25, 0.3) is 0 Å². The van der Waals surface area contributed by atoms with Crippen molar-refractivity contribution in [3.8, 4) is 0 Å². The van der Waals surface area contributed by atoms with Crippen LogP contribution in [0.5, 0.6) is 0 Å². The SMILES string of the molecule is CC(C)C1CN(C(C)c2cccs2)C(C(C)C)CN1. The second-order valence-corrected chi connectivity index (χ2v) is 7.44. The molecule has 3 heteroatoms. The second kappa shape index (κ2) is 6.38. The molecule has 1 aromatic heterocycles. The summed E-state index contributed by atoms with van der Waals surface area (Å²) in [6.07, 6.45) is 0. The fraction of sp³-hybridized carbons (Fsp3) is 0.750. The summed E-state index contributed by atoms with van der Waals surface area (Å²) in [5.74, 6) is 1.40. The van der Waals surface area contributed by atoms with Gasteiger partial charge in [-0.25, -0.2) is 0 Å². The fourth-order valence-corrected chi connectivity index (χ4v) is 3.82. The summed E-state index contributed by atoms with van der Waals surface area (Å²) in [4.78, 5) is 4.22. The van der Waals surface area contributed by atoms with Crippen molar-refractivity contribution in [3.63, 3.8) is 0 Å². The minimum Gasteiger partial charge on any atom is -0.311 e. The maximum atomic E-state index is 3.74. The Morgan fingerprint density at radius 3 is 2.47 bits per heavy atom. The lowest BCUT2D eigenvalue weighted by Crippen LogP contribution is -2.60.